The average Bonchev–Trinajstić information content (AvgIpc) is 2.95. The molecule has 3 N–H and O–H groups in total. The van der Waals surface area contributed by atoms with Crippen LogP contribution in [-0.2, 0) is 4.74 Å². The molecule has 1 aromatic carbocycles. The van der Waals surface area contributed by atoms with E-state index < -0.39 is 22.3 Å². The van der Waals surface area contributed by atoms with Crippen molar-refractivity contribution >= 4 is 17.3 Å². The van der Waals surface area contributed by atoms with E-state index in [2.05, 4.69) is 5.43 Å². The number of nitro benzene ring substituents is 1. The molecule has 0 saturated carbocycles. The summed E-state index contributed by atoms with van der Waals surface area (Å²) in [5.41, 5.74) is 1.11. The van der Waals surface area contributed by atoms with Crippen LogP contribution in [0.25, 0.3) is 0 Å². The van der Waals surface area contributed by atoms with E-state index >= 15 is 0 Å². The number of likely N-dealkylation sites (tertiary alicyclic amines) is 1. The van der Waals surface area contributed by atoms with E-state index in [-0.39, 0.29) is 17.4 Å². The number of nitro groups is 1. The minimum Gasteiger partial charge on any atom is -0.380 e. The number of nitrogens with one attached hydrogen (secondary N) is 1. The van der Waals surface area contributed by atoms with Crippen LogP contribution in [0, 0.1) is 15.9 Å². The molecule has 1 aromatic rings. The predicted octanol–water partition coefficient (Wildman–Crippen LogP) is 0.880. The Balaban J connectivity index is 2.37. The van der Waals surface area contributed by atoms with Gasteiger partial charge in [0, 0.05) is 20.2 Å². The molecule has 0 bridgehead atoms. The second kappa shape index (κ2) is 6.02. The second-order valence-electron chi connectivity index (χ2n) is 4.65. The molecule has 0 spiro atoms. The maximum atomic E-state index is 13.6. The highest BCUT2D eigenvalue weighted by Crippen LogP contribution is 2.28. The number of hydrogen-bond acceptors (Lipinski definition) is 6. The molecule has 8 nitrogen and oxygen atoms in total. The lowest BCUT2D eigenvalue weighted by Crippen LogP contribution is -2.30. The summed E-state index contributed by atoms with van der Waals surface area (Å²) < 4.78 is 18.7. The predicted molar refractivity (Wildman–Crippen MR) is 72.2 cm³/mol. The van der Waals surface area contributed by atoms with Gasteiger partial charge in [-0.15, -0.1) is 0 Å². The molecule has 114 valence electrons. The lowest BCUT2D eigenvalue weighted by Gasteiger charge is -2.17. The first-order valence-corrected chi connectivity index (χ1v) is 6.24. The van der Waals surface area contributed by atoms with Gasteiger partial charge in [-0.05, 0) is 12.5 Å². The Hall–Kier alpha value is -2.26. The summed E-state index contributed by atoms with van der Waals surface area (Å²) in [4.78, 5) is 24.0. The van der Waals surface area contributed by atoms with Crippen LogP contribution in [0.2, 0.25) is 0 Å². The van der Waals surface area contributed by atoms with Crippen molar-refractivity contribution < 1.29 is 18.8 Å². The third-order valence-electron chi connectivity index (χ3n) is 3.43. The largest absolute Gasteiger partial charge is 0.380 e. The van der Waals surface area contributed by atoms with Crippen LogP contribution in [0.1, 0.15) is 16.8 Å². The highest BCUT2D eigenvalue weighted by molar-refractivity contribution is 5.99. The molecule has 1 aliphatic heterocycles. The number of amides is 1. The number of halogens is 1. The van der Waals surface area contributed by atoms with Crippen LogP contribution in [0.15, 0.2) is 12.1 Å². The molecule has 1 saturated heterocycles. The molecule has 1 amide bonds. The maximum absolute atomic E-state index is 13.6. The van der Waals surface area contributed by atoms with Crippen LogP contribution in [-0.4, -0.2) is 42.0 Å². The molecule has 1 fully saturated rings. The van der Waals surface area contributed by atoms with E-state index in [1.165, 1.54) is 12.0 Å². The first kappa shape index (κ1) is 15.1. The van der Waals surface area contributed by atoms with Gasteiger partial charge in [-0.1, -0.05) is 0 Å². The molecule has 9 heteroatoms. The number of carbonyl (C=O) groups excluding carboxylic acids is 1. The number of hydrogen-bond donors (Lipinski definition) is 2. The van der Waals surface area contributed by atoms with Gasteiger partial charge in [-0.2, -0.15) is 0 Å². The van der Waals surface area contributed by atoms with Gasteiger partial charge in [0.15, 0.2) is 5.82 Å². The van der Waals surface area contributed by atoms with E-state index in [4.69, 9.17) is 10.6 Å². The van der Waals surface area contributed by atoms with Crippen molar-refractivity contribution in [1.29, 1.82) is 0 Å². The third kappa shape index (κ3) is 2.93. The quantitative estimate of drug-likeness (QED) is 0.485. The van der Waals surface area contributed by atoms with Crippen molar-refractivity contribution in [2.45, 2.75) is 12.5 Å². The fraction of sp³-hybridized carbons (Fsp3) is 0.417. The van der Waals surface area contributed by atoms with E-state index in [1.54, 1.807) is 0 Å². The molecular weight excluding hydrogens is 283 g/mol. The Kier molecular flexibility index (Phi) is 4.34. The van der Waals surface area contributed by atoms with Gasteiger partial charge < -0.3 is 15.1 Å². The number of nitrogens with zero attached hydrogens (tertiary/aromatic N) is 2. The number of anilines is 1. The van der Waals surface area contributed by atoms with E-state index in [0.29, 0.717) is 25.6 Å². The summed E-state index contributed by atoms with van der Waals surface area (Å²) in [5, 5.41) is 11.0. The van der Waals surface area contributed by atoms with Gasteiger partial charge in [0.05, 0.1) is 22.8 Å². The summed E-state index contributed by atoms with van der Waals surface area (Å²) in [7, 11) is 1.54. The van der Waals surface area contributed by atoms with Crippen molar-refractivity contribution in [2.75, 3.05) is 25.6 Å². The van der Waals surface area contributed by atoms with E-state index in [9.17, 15) is 19.3 Å². The molecular formula is C12H15FN4O4. The van der Waals surface area contributed by atoms with Crippen LogP contribution in [0.3, 0.4) is 0 Å². The number of nitrogens with two attached hydrogens (primary N) is 1. The fourth-order valence-electron chi connectivity index (χ4n) is 2.27. The zero-order chi connectivity index (χ0) is 15.6. The Morgan fingerprint density at radius 3 is 2.86 bits per heavy atom. The molecule has 1 aliphatic rings. The van der Waals surface area contributed by atoms with Gasteiger partial charge in [0.1, 0.15) is 5.56 Å². The summed E-state index contributed by atoms with van der Waals surface area (Å²) in [6.45, 7) is 0.770. The molecule has 2 rings (SSSR count). The SMILES string of the molecule is COC1CCN(C(=O)c2cc(NN)c(F)cc2[N+](=O)[O-])C1. The van der Waals surface area contributed by atoms with Crippen molar-refractivity contribution in [2.24, 2.45) is 5.84 Å². The molecule has 21 heavy (non-hydrogen) atoms. The first-order chi connectivity index (χ1) is 9.97. The summed E-state index contributed by atoms with van der Waals surface area (Å²) in [6.07, 6.45) is 0.555. The van der Waals surface area contributed by atoms with Gasteiger partial charge in [-0.25, -0.2) is 4.39 Å². The standard InChI is InChI=1S/C12H15FN4O4/c1-21-7-2-3-16(6-7)12(18)8-4-10(15-14)9(13)5-11(8)17(19)20/h4-5,7,15H,2-3,6,14H2,1H3. The first-order valence-electron chi connectivity index (χ1n) is 6.24. The van der Waals surface area contributed by atoms with Crippen molar-refractivity contribution in [3.05, 3.63) is 33.6 Å². The molecule has 0 radical (unpaired) electrons. The number of methoxy groups -OCH3 is 1. The highest BCUT2D eigenvalue weighted by Gasteiger charge is 2.31. The second-order valence-corrected chi connectivity index (χ2v) is 4.65. The Morgan fingerprint density at radius 1 is 1.62 bits per heavy atom. The van der Waals surface area contributed by atoms with Crippen LogP contribution in [0.5, 0.6) is 0 Å². The topological polar surface area (TPSA) is 111 Å². The fourth-order valence-corrected chi connectivity index (χ4v) is 2.27. The Labute approximate surface area is 119 Å². The van der Waals surface area contributed by atoms with Crippen LogP contribution >= 0.6 is 0 Å². The molecule has 1 unspecified atom stereocenters. The lowest BCUT2D eigenvalue weighted by atomic mass is 10.1. The summed E-state index contributed by atoms with van der Waals surface area (Å²) in [5.74, 6) is 3.70. The molecule has 1 heterocycles. The minimum atomic E-state index is -0.892. The summed E-state index contributed by atoms with van der Waals surface area (Å²) >= 11 is 0. The van der Waals surface area contributed by atoms with Crippen LogP contribution < -0.4 is 11.3 Å². The van der Waals surface area contributed by atoms with Gasteiger partial charge in [0.25, 0.3) is 11.6 Å². The van der Waals surface area contributed by atoms with Gasteiger partial charge in [0.2, 0.25) is 0 Å². The zero-order valence-electron chi connectivity index (χ0n) is 11.3. The number of ether oxygens (including phenoxy) is 1. The van der Waals surface area contributed by atoms with E-state index in [0.717, 1.165) is 6.07 Å². The Bertz CT molecular complexity index is 581. The monoisotopic (exact) mass is 298 g/mol. The van der Waals surface area contributed by atoms with Gasteiger partial charge in [-0.3, -0.25) is 20.8 Å². The van der Waals surface area contributed by atoms with E-state index in [1.807, 2.05) is 0 Å². The smallest absolute Gasteiger partial charge is 0.285 e. The zero-order valence-corrected chi connectivity index (χ0v) is 11.3. The molecule has 0 aromatic heterocycles. The van der Waals surface area contributed by atoms with Gasteiger partial charge >= 0.3 is 0 Å². The average molecular weight is 298 g/mol. The third-order valence-corrected chi connectivity index (χ3v) is 3.43. The maximum Gasteiger partial charge on any atom is 0.285 e. The van der Waals surface area contributed by atoms with Crippen molar-refractivity contribution in [3.8, 4) is 0 Å². The minimum absolute atomic E-state index is 0.0967. The van der Waals surface area contributed by atoms with Crippen molar-refractivity contribution in [1.82, 2.24) is 4.90 Å². The number of hydrazine groups is 1. The lowest BCUT2D eigenvalue weighted by molar-refractivity contribution is -0.385. The van der Waals surface area contributed by atoms with Crippen LogP contribution in [0.4, 0.5) is 15.8 Å². The number of nitrogen functional groups attached to an aromatic ring is 1. The summed E-state index contributed by atoms with van der Waals surface area (Å²) in [6, 6.07) is 1.74. The number of carbonyl (C=O) groups is 1. The number of benzene rings is 1. The number of rotatable bonds is 4. The molecule has 0 aliphatic carbocycles. The highest BCUT2D eigenvalue weighted by atomic mass is 19.1. The Morgan fingerprint density at radius 2 is 2.33 bits per heavy atom. The van der Waals surface area contributed by atoms with Crippen molar-refractivity contribution in [3.63, 3.8) is 0 Å². The molecule has 1 atom stereocenters. The normalized spacial score (nSPS) is 17.9.